The van der Waals surface area contributed by atoms with E-state index in [0.29, 0.717) is 17.6 Å². The number of amides is 2. The number of aromatic amines is 1. The van der Waals surface area contributed by atoms with Gasteiger partial charge in [-0.1, -0.05) is 57.6 Å². The van der Waals surface area contributed by atoms with Crippen LogP contribution in [0.15, 0.2) is 24.8 Å². The van der Waals surface area contributed by atoms with Gasteiger partial charge in [0, 0.05) is 6.42 Å². The van der Waals surface area contributed by atoms with Crippen molar-refractivity contribution in [2.24, 2.45) is 0 Å². The molecule has 0 bridgehead atoms. The van der Waals surface area contributed by atoms with Crippen molar-refractivity contribution in [3.8, 4) is 0 Å². The molecule has 0 radical (unpaired) electrons. The number of aliphatic hydroxyl groups is 4. The lowest BCUT2D eigenvalue weighted by atomic mass is 9.92. The Labute approximate surface area is 258 Å². The Morgan fingerprint density at radius 1 is 0.977 bits per heavy atom. The highest BCUT2D eigenvalue weighted by Crippen LogP contribution is 2.26. The molecule has 1 fully saturated rings. The quantitative estimate of drug-likeness (QED) is 0.0783. The fraction of sp³-hybridized carbons (Fsp3) is 0.700. The molecule has 14 heteroatoms. The number of fused-ring (bicyclic) bond motifs is 1. The van der Waals surface area contributed by atoms with E-state index in [1.807, 2.05) is 0 Å². The molecule has 0 unspecified atom stereocenters. The Kier molecular flexibility index (Phi) is 15.5. The number of allylic oxidation sites excluding steroid dienone is 2. The highest BCUT2D eigenvalue weighted by Gasteiger charge is 2.48. The molecule has 44 heavy (non-hydrogen) atoms. The summed E-state index contributed by atoms with van der Waals surface area (Å²) in [5.41, 5.74) is 0.790. The molecule has 0 aliphatic carbocycles. The first-order chi connectivity index (χ1) is 21.3. The summed E-state index contributed by atoms with van der Waals surface area (Å²) in [6.45, 7) is 1.14. The van der Waals surface area contributed by atoms with E-state index in [2.05, 4.69) is 55.0 Å². The lowest BCUT2D eigenvalue weighted by Gasteiger charge is -2.44. The molecule has 2 amide bonds. The highest BCUT2D eigenvalue weighted by molar-refractivity contribution is 5.85. The second kappa shape index (κ2) is 19.3. The molecule has 8 N–H and O–H groups in total. The number of rotatable bonds is 20. The molecule has 3 rings (SSSR count). The Morgan fingerprint density at radius 2 is 1.68 bits per heavy atom. The number of carbonyl (C=O) groups excluding carboxylic acids is 2. The Balaban J connectivity index is 1.36. The van der Waals surface area contributed by atoms with Gasteiger partial charge in [-0.25, -0.2) is 15.0 Å². The third kappa shape index (κ3) is 11.1. The zero-order valence-electron chi connectivity index (χ0n) is 25.5. The average molecular weight is 620 g/mol. The minimum absolute atomic E-state index is 0.229. The number of ether oxygens (including phenoxy) is 1. The maximum atomic E-state index is 12.6. The summed E-state index contributed by atoms with van der Waals surface area (Å²) in [4.78, 5) is 39.9. The van der Waals surface area contributed by atoms with Crippen LogP contribution in [-0.2, 0) is 14.3 Å². The standard InChI is InChI=1S/C30H49N7O7/c1-2-3-4-5-6-7-8-9-10-11-12-13-14-15-21(40)31-16-22(41)36-23-25(42)26(43)30(44-27(23)20(39)17-38)37-29-24-28(33-18-32-24)34-19-35-29/h7-8,18-20,23,25-27,30,38-39,42-43H,2-6,9-17H2,1H3,(H,31,40)(H,36,41)(H2,32,33,34,35,37)/b8-7-/t20-,23+,25+,26+,27-,30-/m0/s1. The summed E-state index contributed by atoms with van der Waals surface area (Å²) in [5, 5.41) is 49.5. The predicted molar refractivity (Wildman–Crippen MR) is 164 cm³/mol. The van der Waals surface area contributed by atoms with Crippen LogP contribution in [0.2, 0.25) is 0 Å². The first-order valence-electron chi connectivity index (χ1n) is 15.8. The second-order valence-corrected chi connectivity index (χ2v) is 11.2. The van der Waals surface area contributed by atoms with Crippen molar-refractivity contribution in [3.05, 3.63) is 24.8 Å². The molecule has 6 atom stereocenters. The number of carbonyl (C=O) groups is 2. The molecule has 2 aromatic rings. The van der Waals surface area contributed by atoms with E-state index in [1.54, 1.807) is 0 Å². The van der Waals surface area contributed by atoms with Gasteiger partial charge in [0.1, 0.15) is 36.3 Å². The summed E-state index contributed by atoms with van der Waals surface area (Å²) >= 11 is 0. The summed E-state index contributed by atoms with van der Waals surface area (Å²) in [5.74, 6) is -0.683. The molecule has 14 nitrogen and oxygen atoms in total. The predicted octanol–water partition coefficient (Wildman–Crippen LogP) is 1.42. The average Bonchev–Trinajstić information content (AvgIpc) is 3.51. The van der Waals surface area contributed by atoms with Crippen LogP contribution >= 0.6 is 0 Å². The lowest BCUT2D eigenvalue weighted by molar-refractivity contribution is -0.204. The third-order valence-electron chi connectivity index (χ3n) is 7.69. The van der Waals surface area contributed by atoms with E-state index in [9.17, 15) is 30.0 Å². The number of hydrogen-bond acceptors (Lipinski definition) is 11. The van der Waals surface area contributed by atoms with Gasteiger partial charge in [-0.05, 0) is 32.1 Å². The molecule has 1 aliphatic heterocycles. The van der Waals surface area contributed by atoms with Crippen molar-refractivity contribution >= 4 is 28.8 Å². The number of nitrogens with one attached hydrogen (secondary N) is 4. The van der Waals surface area contributed by atoms with Gasteiger partial charge in [0.25, 0.3) is 0 Å². The van der Waals surface area contributed by atoms with E-state index in [0.717, 1.165) is 44.9 Å². The van der Waals surface area contributed by atoms with Gasteiger partial charge < -0.3 is 46.1 Å². The van der Waals surface area contributed by atoms with Crippen molar-refractivity contribution in [1.82, 2.24) is 30.6 Å². The Bertz CT molecular complexity index is 1160. The minimum Gasteiger partial charge on any atom is -0.394 e. The van der Waals surface area contributed by atoms with Crippen LogP contribution in [0.25, 0.3) is 11.2 Å². The first-order valence-corrected chi connectivity index (χ1v) is 15.8. The highest BCUT2D eigenvalue weighted by atomic mass is 16.5. The summed E-state index contributed by atoms with van der Waals surface area (Å²) in [6.07, 6.45) is 12.7. The van der Waals surface area contributed by atoms with Gasteiger partial charge in [-0.15, -0.1) is 0 Å². The van der Waals surface area contributed by atoms with E-state index in [-0.39, 0.29) is 18.3 Å². The van der Waals surface area contributed by atoms with Crippen LogP contribution in [0.3, 0.4) is 0 Å². The van der Waals surface area contributed by atoms with Crippen LogP contribution in [0.5, 0.6) is 0 Å². The number of nitrogens with zero attached hydrogens (tertiary/aromatic N) is 3. The smallest absolute Gasteiger partial charge is 0.239 e. The first kappa shape index (κ1) is 35.3. The van der Waals surface area contributed by atoms with E-state index in [1.165, 1.54) is 38.3 Å². The largest absolute Gasteiger partial charge is 0.394 e. The minimum atomic E-state index is -1.59. The van der Waals surface area contributed by atoms with Crippen molar-refractivity contribution in [2.75, 3.05) is 18.5 Å². The number of H-pyrrole nitrogens is 1. The molecule has 1 aliphatic rings. The van der Waals surface area contributed by atoms with Crippen LogP contribution in [0.4, 0.5) is 5.82 Å². The van der Waals surface area contributed by atoms with Crippen molar-refractivity contribution in [1.29, 1.82) is 0 Å². The zero-order valence-corrected chi connectivity index (χ0v) is 25.5. The normalized spacial score (nSPS) is 22.7. The maximum absolute atomic E-state index is 12.6. The molecular formula is C30H49N7O7. The summed E-state index contributed by atoms with van der Waals surface area (Å²) < 4.78 is 5.79. The molecule has 0 spiro atoms. The third-order valence-corrected chi connectivity index (χ3v) is 7.69. The molecule has 3 heterocycles. The molecule has 246 valence electrons. The van der Waals surface area contributed by atoms with Crippen molar-refractivity contribution in [2.45, 2.75) is 121 Å². The van der Waals surface area contributed by atoms with Gasteiger partial charge in [-0.2, -0.15) is 0 Å². The van der Waals surface area contributed by atoms with Crippen molar-refractivity contribution in [3.63, 3.8) is 0 Å². The number of hydrogen-bond donors (Lipinski definition) is 8. The van der Waals surface area contributed by atoms with Gasteiger partial charge >= 0.3 is 0 Å². The van der Waals surface area contributed by atoms with Gasteiger partial charge in [0.05, 0.1) is 25.5 Å². The number of imidazole rings is 1. The number of unbranched alkanes of at least 4 members (excludes halogenated alkanes) is 9. The molecular weight excluding hydrogens is 570 g/mol. The monoisotopic (exact) mass is 619 g/mol. The number of anilines is 1. The lowest BCUT2D eigenvalue weighted by Crippen LogP contribution is -2.68. The molecule has 0 aromatic carbocycles. The van der Waals surface area contributed by atoms with Crippen molar-refractivity contribution < 1.29 is 34.8 Å². The number of aromatic nitrogens is 4. The van der Waals surface area contributed by atoms with E-state index in [4.69, 9.17) is 4.74 Å². The maximum Gasteiger partial charge on any atom is 0.239 e. The van der Waals surface area contributed by atoms with Crippen LogP contribution < -0.4 is 16.0 Å². The van der Waals surface area contributed by atoms with Crippen LogP contribution in [-0.4, -0.2) is 102 Å². The van der Waals surface area contributed by atoms with Crippen LogP contribution in [0, 0.1) is 0 Å². The van der Waals surface area contributed by atoms with Gasteiger partial charge in [0.2, 0.25) is 11.8 Å². The SMILES string of the molecule is CCCCCC/C=C\CCCCCCCC(=O)NCC(=O)N[C@@H]1[C@@H](O)[C@@H](O)[C@@H](Nc2ncnc3nc[nH]c23)O[C@H]1[C@@H](O)CO. The molecule has 2 aromatic heterocycles. The fourth-order valence-corrected chi connectivity index (χ4v) is 5.16. The number of aliphatic hydroxyl groups excluding tert-OH is 4. The molecule has 0 saturated carbocycles. The second-order valence-electron chi connectivity index (χ2n) is 11.2. The summed E-state index contributed by atoms with van der Waals surface area (Å²) in [7, 11) is 0. The van der Waals surface area contributed by atoms with E-state index < -0.39 is 49.2 Å². The zero-order chi connectivity index (χ0) is 31.7. The topological polar surface area (TPSA) is 215 Å². The molecule has 1 saturated heterocycles. The van der Waals surface area contributed by atoms with Gasteiger partial charge in [0.15, 0.2) is 17.7 Å². The fourth-order valence-electron chi connectivity index (χ4n) is 5.16. The van der Waals surface area contributed by atoms with Gasteiger partial charge in [-0.3, -0.25) is 9.59 Å². The van der Waals surface area contributed by atoms with E-state index >= 15 is 0 Å². The Hall–Kier alpha value is -3.17. The van der Waals surface area contributed by atoms with Crippen LogP contribution in [0.1, 0.15) is 84.0 Å². The Morgan fingerprint density at radius 3 is 2.41 bits per heavy atom. The summed E-state index contributed by atoms with van der Waals surface area (Å²) in [6, 6.07) is -1.27.